The number of carbonyl (C=O) groups excluding carboxylic acids is 1. The SMILES string of the molecule is COc1cc(C2C3=C(COC3=O)Nc3cc4c(cc32)OC(F)(F)O4)cc(OC)c1OC. The summed E-state index contributed by atoms with van der Waals surface area (Å²) in [6.45, 7) is 0.0408. The third-order valence-electron chi connectivity index (χ3n) is 5.37. The molecule has 2 aromatic rings. The van der Waals surface area contributed by atoms with Gasteiger partial charge in [0, 0.05) is 17.7 Å². The smallest absolute Gasteiger partial charge is 0.493 e. The number of esters is 1. The highest BCUT2D eigenvalue weighted by Gasteiger charge is 2.46. The van der Waals surface area contributed by atoms with E-state index < -0.39 is 18.2 Å². The number of ether oxygens (including phenoxy) is 6. The first-order valence-electron chi connectivity index (χ1n) is 9.26. The first kappa shape index (κ1) is 19.3. The van der Waals surface area contributed by atoms with E-state index in [4.69, 9.17) is 18.9 Å². The van der Waals surface area contributed by atoms with Gasteiger partial charge in [0.2, 0.25) is 5.75 Å². The lowest BCUT2D eigenvalue weighted by Crippen LogP contribution is -2.25. The average molecular weight is 433 g/mol. The van der Waals surface area contributed by atoms with Gasteiger partial charge in [0.15, 0.2) is 23.0 Å². The van der Waals surface area contributed by atoms with Gasteiger partial charge in [-0.15, -0.1) is 8.78 Å². The molecule has 3 heterocycles. The lowest BCUT2D eigenvalue weighted by molar-refractivity contribution is -0.286. The van der Waals surface area contributed by atoms with Crippen molar-refractivity contribution >= 4 is 11.7 Å². The molecule has 5 rings (SSSR count). The number of rotatable bonds is 4. The Morgan fingerprint density at radius 2 is 1.65 bits per heavy atom. The van der Waals surface area contributed by atoms with Crippen LogP contribution in [0.15, 0.2) is 35.5 Å². The number of halogens is 2. The molecule has 0 aromatic heterocycles. The zero-order chi connectivity index (χ0) is 21.9. The predicted molar refractivity (Wildman–Crippen MR) is 102 cm³/mol. The maximum absolute atomic E-state index is 13.6. The Bertz CT molecular complexity index is 1120. The number of fused-ring (bicyclic) bond motifs is 2. The van der Waals surface area contributed by atoms with E-state index in [-0.39, 0.29) is 18.1 Å². The van der Waals surface area contributed by atoms with Crippen molar-refractivity contribution in [1.82, 2.24) is 0 Å². The van der Waals surface area contributed by atoms with Gasteiger partial charge in [-0.25, -0.2) is 4.79 Å². The molecule has 3 aliphatic heterocycles. The van der Waals surface area contributed by atoms with E-state index in [1.54, 1.807) is 12.1 Å². The highest BCUT2D eigenvalue weighted by Crippen LogP contribution is 2.52. The minimum atomic E-state index is -3.76. The van der Waals surface area contributed by atoms with Crippen LogP contribution in [0.5, 0.6) is 28.7 Å². The van der Waals surface area contributed by atoms with E-state index in [0.717, 1.165) is 0 Å². The van der Waals surface area contributed by atoms with Gasteiger partial charge < -0.3 is 33.7 Å². The number of methoxy groups -OCH3 is 3. The molecule has 0 fully saturated rings. The molecule has 0 saturated heterocycles. The summed E-state index contributed by atoms with van der Waals surface area (Å²) >= 11 is 0. The van der Waals surface area contributed by atoms with E-state index >= 15 is 0 Å². The van der Waals surface area contributed by atoms with Gasteiger partial charge in [0.05, 0.1) is 32.6 Å². The van der Waals surface area contributed by atoms with E-state index in [2.05, 4.69) is 14.8 Å². The fourth-order valence-electron chi connectivity index (χ4n) is 4.10. The number of nitrogens with one attached hydrogen (secondary N) is 1. The van der Waals surface area contributed by atoms with Crippen LogP contribution in [-0.2, 0) is 9.53 Å². The van der Waals surface area contributed by atoms with Gasteiger partial charge in [-0.05, 0) is 29.3 Å². The van der Waals surface area contributed by atoms with Crippen LogP contribution in [0.25, 0.3) is 0 Å². The molecule has 0 radical (unpaired) electrons. The molecule has 8 nitrogen and oxygen atoms in total. The Labute approximate surface area is 175 Å². The van der Waals surface area contributed by atoms with Crippen LogP contribution < -0.4 is 29.0 Å². The second-order valence-corrected chi connectivity index (χ2v) is 7.04. The zero-order valence-electron chi connectivity index (χ0n) is 16.7. The average Bonchev–Trinajstić information content (AvgIpc) is 3.26. The summed E-state index contributed by atoms with van der Waals surface area (Å²) in [5.41, 5.74) is 2.56. The number of carbonyl (C=O) groups is 1. The van der Waals surface area contributed by atoms with Gasteiger partial charge in [0.1, 0.15) is 6.61 Å². The standard InChI is InChI=1S/C21H17F2NO7/c1-26-15-4-9(5-16(27-2)19(15)28-3)17-10-6-13-14(31-21(22,23)30-13)7-11(10)24-12-8-29-20(25)18(12)17/h4-7,17,24H,8H2,1-3H3. The van der Waals surface area contributed by atoms with Crippen LogP contribution in [0.3, 0.4) is 0 Å². The molecule has 3 aliphatic rings. The molecule has 1 unspecified atom stereocenters. The van der Waals surface area contributed by atoms with E-state index in [1.807, 2.05) is 0 Å². The summed E-state index contributed by atoms with van der Waals surface area (Å²) in [5, 5.41) is 3.09. The van der Waals surface area contributed by atoms with E-state index in [0.29, 0.717) is 45.3 Å². The van der Waals surface area contributed by atoms with Crippen molar-refractivity contribution in [3.8, 4) is 28.7 Å². The minimum absolute atomic E-state index is 0.0408. The molecule has 10 heteroatoms. The van der Waals surface area contributed by atoms with Crippen LogP contribution in [0, 0.1) is 0 Å². The Balaban J connectivity index is 1.72. The molecule has 0 spiro atoms. The summed E-state index contributed by atoms with van der Waals surface area (Å²) in [5.74, 6) is -0.229. The number of benzene rings is 2. The normalized spacial score (nSPS) is 19.9. The third kappa shape index (κ3) is 2.89. The van der Waals surface area contributed by atoms with Crippen molar-refractivity contribution in [3.05, 3.63) is 46.7 Å². The Kier molecular flexibility index (Phi) is 4.14. The highest BCUT2D eigenvalue weighted by atomic mass is 19.3. The fourth-order valence-corrected chi connectivity index (χ4v) is 4.10. The summed E-state index contributed by atoms with van der Waals surface area (Å²) in [6.07, 6.45) is -3.76. The first-order chi connectivity index (χ1) is 14.8. The number of anilines is 1. The molecule has 0 saturated carbocycles. The van der Waals surface area contributed by atoms with Gasteiger partial charge in [-0.1, -0.05) is 0 Å². The summed E-state index contributed by atoms with van der Waals surface area (Å²) in [4.78, 5) is 12.6. The van der Waals surface area contributed by atoms with Gasteiger partial charge in [-0.3, -0.25) is 0 Å². The van der Waals surface area contributed by atoms with Crippen LogP contribution >= 0.6 is 0 Å². The maximum atomic E-state index is 13.6. The second kappa shape index (κ2) is 6.66. The molecule has 162 valence electrons. The molecule has 2 aromatic carbocycles. The van der Waals surface area contributed by atoms with Gasteiger partial charge >= 0.3 is 12.3 Å². The predicted octanol–water partition coefficient (Wildman–Crippen LogP) is 3.40. The number of hydrogen-bond donors (Lipinski definition) is 1. The Hall–Kier alpha value is -3.69. The monoisotopic (exact) mass is 433 g/mol. The van der Waals surface area contributed by atoms with Crippen molar-refractivity contribution in [2.24, 2.45) is 0 Å². The highest BCUT2D eigenvalue weighted by molar-refractivity contribution is 5.97. The number of alkyl halides is 2. The lowest BCUT2D eigenvalue weighted by atomic mass is 9.80. The van der Waals surface area contributed by atoms with E-state index in [9.17, 15) is 13.6 Å². The summed E-state index contributed by atoms with van der Waals surface area (Å²) in [7, 11) is 4.44. The molecule has 1 atom stereocenters. The van der Waals surface area contributed by atoms with Crippen LogP contribution in [0.2, 0.25) is 0 Å². The molecule has 31 heavy (non-hydrogen) atoms. The molecule has 0 aliphatic carbocycles. The van der Waals surface area contributed by atoms with Crippen molar-refractivity contribution in [3.63, 3.8) is 0 Å². The van der Waals surface area contributed by atoms with E-state index in [1.165, 1.54) is 33.5 Å². The van der Waals surface area contributed by atoms with Crippen molar-refractivity contribution < 1.29 is 42.0 Å². The van der Waals surface area contributed by atoms with Crippen LogP contribution in [-0.4, -0.2) is 40.2 Å². The first-order valence-corrected chi connectivity index (χ1v) is 9.26. The number of cyclic esters (lactones) is 1. The fraction of sp³-hybridized carbons (Fsp3) is 0.286. The second-order valence-electron chi connectivity index (χ2n) is 7.04. The van der Waals surface area contributed by atoms with Crippen LogP contribution in [0.4, 0.5) is 14.5 Å². The molecule has 0 bridgehead atoms. The molecular formula is C21H17F2NO7. The van der Waals surface area contributed by atoms with Crippen molar-refractivity contribution in [1.29, 1.82) is 0 Å². The quantitative estimate of drug-likeness (QED) is 0.735. The third-order valence-corrected chi connectivity index (χ3v) is 5.37. The number of hydrogen-bond acceptors (Lipinski definition) is 8. The Morgan fingerprint density at radius 1 is 1.00 bits per heavy atom. The van der Waals surface area contributed by atoms with Crippen molar-refractivity contribution in [2.75, 3.05) is 33.3 Å². The summed E-state index contributed by atoms with van der Waals surface area (Å²) in [6, 6.07) is 6.26. The largest absolute Gasteiger partial charge is 0.586 e. The van der Waals surface area contributed by atoms with Crippen LogP contribution in [0.1, 0.15) is 17.0 Å². The molecule has 1 N–H and O–H groups in total. The van der Waals surface area contributed by atoms with Gasteiger partial charge in [-0.2, -0.15) is 0 Å². The minimum Gasteiger partial charge on any atom is -0.493 e. The Morgan fingerprint density at radius 3 is 2.26 bits per heavy atom. The van der Waals surface area contributed by atoms with Gasteiger partial charge in [0.25, 0.3) is 0 Å². The molecule has 0 amide bonds. The van der Waals surface area contributed by atoms with Crippen molar-refractivity contribution in [2.45, 2.75) is 12.2 Å². The molecular weight excluding hydrogens is 416 g/mol. The lowest BCUT2D eigenvalue weighted by Gasteiger charge is -2.28. The topological polar surface area (TPSA) is 84.5 Å². The summed E-state index contributed by atoms with van der Waals surface area (Å²) < 4.78 is 57.9. The zero-order valence-corrected chi connectivity index (χ0v) is 16.7. The maximum Gasteiger partial charge on any atom is 0.586 e.